The summed E-state index contributed by atoms with van der Waals surface area (Å²) in [4.78, 5) is 14.2. The molecule has 1 fully saturated rings. The molecule has 0 aromatic rings. The van der Waals surface area contributed by atoms with Crippen molar-refractivity contribution in [1.82, 2.24) is 10.2 Å². The van der Waals surface area contributed by atoms with E-state index >= 15 is 0 Å². The number of rotatable bonds is 6. The van der Waals surface area contributed by atoms with Crippen molar-refractivity contribution in [1.29, 1.82) is 0 Å². The van der Waals surface area contributed by atoms with E-state index in [0.29, 0.717) is 6.54 Å². The van der Waals surface area contributed by atoms with Crippen molar-refractivity contribution in [2.75, 3.05) is 33.9 Å². The normalized spacial score (nSPS) is 24.2. The fourth-order valence-corrected chi connectivity index (χ4v) is 2.61. The van der Waals surface area contributed by atoms with E-state index in [1.165, 1.54) is 7.11 Å². The van der Waals surface area contributed by atoms with Gasteiger partial charge in [-0.2, -0.15) is 0 Å². The minimum absolute atomic E-state index is 0.211. The van der Waals surface area contributed by atoms with E-state index in [2.05, 4.69) is 10.2 Å². The molecule has 0 aromatic heterocycles. The summed E-state index contributed by atoms with van der Waals surface area (Å²) in [5.74, 6) is -0.211. The van der Waals surface area contributed by atoms with Crippen LogP contribution in [-0.2, 0) is 14.3 Å². The lowest BCUT2D eigenvalue weighted by Gasteiger charge is -2.33. The summed E-state index contributed by atoms with van der Waals surface area (Å²) in [6, 6.07) is 0.231. The molecule has 1 N–H and O–H groups in total. The van der Waals surface area contributed by atoms with Gasteiger partial charge in [0, 0.05) is 32.8 Å². The molecule has 1 saturated heterocycles. The van der Waals surface area contributed by atoms with E-state index in [0.717, 1.165) is 19.5 Å². The second-order valence-corrected chi connectivity index (χ2v) is 5.50. The third-order valence-corrected chi connectivity index (χ3v) is 3.35. The Morgan fingerprint density at radius 2 is 2.17 bits per heavy atom. The highest BCUT2D eigenvalue weighted by Gasteiger charge is 2.38. The molecule has 0 amide bonds. The molecule has 18 heavy (non-hydrogen) atoms. The van der Waals surface area contributed by atoms with Crippen molar-refractivity contribution in [2.24, 2.45) is 0 Å². The molecule has 5 heteroatoms. The Hall–Kier alpha value is -0.650. The standard InChI is InChI=1S/C13H26N2O3/c1-10(2)14-13(3,12(16)18-5)9-15-7-6-11(8-15)17-4/h10-11,14H,6-9H2,1-5H3. The molecule has 106 valence electrons. The lowest BCUT2D eigenvalue weighted by molar-refractivity contribution is -0.149. The van der Waals surface area contributed by atoms with Crippen LogP contribution in [-0.4, -0.2) is 62.4 Å². The van der Waals surface area contributed by atoms with Crippen LogP contribution in [0, 0.1) is 0 Å². The van der Waals surface area contributed by atoms with E-state index in [1.54, 1.807) is 7.11 Å². The van der Waals surface area contributed by atoms with Gasteiger partial charge in [0.15, 0.2) is 0 Å². The van der Waals surface area contributed by atoms with Crippen molar-refractivity contribution in [3.8, 4) is 0 Å². The first-order chi connectivity index (χ1) is 8.41. The topological polar surface area (TPSA) is 50.8 Å². The number of nitrogens with zero attached hydrogens (tertiary/aromatic N) is 1. The molecule has 0 bridgehead atoms. The van der Waals surface area contributed by atoms with Crippen molar-refractivity contribution in [3.05, 3.63) is 0 Å². The minimum Gasteiger partial charge on any atom is -0.468 e. The quantitative estimate of drug-likeness (QED) is 0.708. The molecular formula is C13H26N2O3. The maximum Gasteiger partial charge on any atom is 0.327 e. The van der Waals surface area contributed by atoms with Crippen LogP contribution in [0.4, 0.5) is 0 Å². The number of hydrogen-bond donors (Lipinski definition) is 1. The maximum atomic E-state index is 12.0. The fourth-order valence-electron chi connectivity index (χ4n) is 2.61. The first-order valence-corrected chi connectivity index (χ1v) is 6.52. The highest BCUT2D eigenvalue weighted by Crippen LogP contribution is 2.17. The van der Waals surface area contributed by atoms with Gasteiger partial charge in [-0.15, -0.1) is 0 Å². The number of methoxy groups -OCH3 is 2. The van der Waals surface area contributed by atoms with Crippen molar-refractivity contribution < 1.29 is 14.3 Å². The van der Waals surface area contributed by atoms with Crippen LogP contribution in [0.3, 0.4) is 0 Å². The molecule has 1 heterocycles. The summed E-state index contributed by atoms with van der Waals surface area (Å²) in [6.07, 6.45) is 1.31. The largest absolute Gasteiger partial charge is 0.468 e. The highest BCUT2D eigenvalue weighted by atomic mass is 16.5. The third-order valence-electron chi connectivity index (χ3n) is 3.35. The molecule has 1 aliphatic rings. The first-order valence-electron chi connectivity index (χ1n) is 6.52. The van der Waals surface area contributed by atoms with Gasteiger partial charge in [0.05, 0.1) is 13.2 Å². The summed E-state index contributed by atoms with van der Waals surface area (Å²) in [5.41, 5.74) is -0.661. The number of carbonyl (C=O) groups excluding carboxylic acids is 1. The first kappa shape index (κ1) is 15.4. The van der Waals surface area contributed by atoms with Gasteiger partial charge in [-0.3, -0.25) is 15.0 Å². The molecule has 0 spiro atoms. The Kier molecular flexibility index (Phi) is 5.56. The zero-order chi connectivity index (χ0) is 13.8. The number of carbonyl (C=O) groups is 1. The van der Waals surface area contributed by atoms with Crippen molar-refractivity contribution >= 4 is 5.97 Å². The highest BCUT2D eigenvalue weighted by molar-refractivity contribution is 5.80. The molecule has 0 aromatic carbocycles. The Labute approximate surface area is 110 Å². The van der Waals surface area contributed by atoms with Gasteiger partial charge in [-0.1, -0.05) is 0 Å². The number of likely N-dealkylation sites (tertiary alicyclic amines) is 1. The molecule has 0 radical (unpaired) electrons. The van der Waals surface area contributed by atoms with Gasteiger partial charge in [0.25, 0.3) is 0 Å². The second-order valence-electron chi connectivity index (χ2n) is 5.50. The van der Waals surface area contributed by atoms with Crippen LogP contribution in [0.15, 0.2) is 0 Å². The molecule has 2 unspecified atom stereocenters. The maximum absolute atomic E-state index is 12.0. The Morgan fingerprint density at radius 1 is 1.50 bits per heavy atom. The lowest BCUT2D eigenvalue weighted by atomic mass is 10.0. The molecular weight excluding hydrogens is 232 g/mol. The number of nitrogens with one attached hydrogen (secondary N) is 1. The van der Waals surface area contributed by atoms with Crippen LogP contribution in [0.25, 0.3) is 0 Å². The molecule has 0 saturated carbocycles. The predicted molar refractivity (Wildman–Crippen MR) is 70.5 cm³/mol. The monoisotopic (exact) mass is 258 g/mol. The molecule has 5 nitrogen and oxygen atoms in total. The number of esters is 1. The molecule has 2 atom stereocenters. The van der Waals surface area contributed by atoms with Crippen LogP contribution >= 0.6 is 0 Å². The van der Waals surface area contributed by atoms with Crippen molar-refractivity contribution in [2.45, 2.75) is 44.9 Å². The van der Waals surface area contributed by atoms with Crippen LogP contribution in [0.5, 0.6) is 0 Å². The number of ether oxygens (including phenoxy) is 2. The SMILES string of the molecule is COC(=O)C(C)(CN1CCC(OC)C1)NC(C)C. The Bertz CT molecular complexity index is 283. The van der Waals surface area contributed by atoms with Crippen LogP contribution in [0.1, 0.15) is 27.2 Å². The molecule has 1 rings (SSSR count). The summed E-state index contributed by atoms with van der Waals surface area (Å²) < 4.78 is 10.3. The zero-order valence-electron chi connectivity index (χ0n) is 12.2. The fraction of sp³-hybridized carbons (Fsp3) is 0.923. The van der Waals surface area contributed by atoms with Gasteiger partial charge in [-0.05, 0) is 27.2 Å². The van der Waals surface area contributed by atoms with Gasteiger partial charge in [0.2, 0.25) is 0 Å². The lowest BCUT2D eigenvalue weighted by Crippen LogP contribution is -2.59. The van der Waals surface area contributed by atoms with Gasteiger partial charge in [-0.25, -0.2) is 0 Å². The molecule has 0 aliphatic carbocycles. The van der Waals surface area contributed by atoms with Gasteiger partial charge >= 0.3 is 5.97 Å². The van der Waals surface area contributed by atoms with E-state index in [-0.39, 0.29) is 18.1 Å². The van der Waals surface area contributed by atoms with Gasteiger partial charge in [0.1, 0.15) is 5.54 Å². The average Bonchev–Trinajstić information content (AvgIpc) is 2.74. The van der Waals surface area contributed by atoms with E-state index < -0.39 is 5.54 Å². The minimum atomic E-state index is -0.661. The summed E-state index contributed by atoms with van der Waals surface area (Å²) in [6.45, 7) is 8.46. The molecule has 1 aliphatic heterocycles. The summed E-state index contributed by atoms with van der Waals surface area (Å²) in [5, 5.41) is 3.31. The Morgan fingerprint density at radius 3 is 2.61 bits per heavy atom. The second kappa shape index (κ2) is 6.50. The summed E-state index contributed by atoms with van der Waals surface area (Å²) >= 11 is 0. The van der Waals surface area contributed by atoms with Gasteiger partial charge < -0.3 is 9.47 Å². The third kappa shape index (κ3) is 3.93. The number of hydrogen-bond acceptors (Lipinski definition) is 5. The van der Waals surface area contributed by atoms with Crippen LogP contribution < -0.4 is 5.32 Å². The van der Waals surface area contributed by atoms with E-state index in [9.17, 15) is 4.79 Å². The Balaban J connectivity index is 2.64. The smallest absolute Gasteiger partial charge is 0.327 e. The van der Waals surface area contributed by atoms with Crippen LogP contribution in [0.2, 0.25) is 0 Å². The predicted octanol–water partition coefficient (Wildman–Crippen LogP) is 0.637. The average molecular weight is 258 g/mol. The van der Waals surface area contributed by atoms with E-state index in [1.807, 2.05) is 20.8 Å². The summed E-state index contributed by atoms with van der Waals surface area (Å²) in [7, 11) is 3.17. The zero-order valence-corrected chi connectivity index (χ0v) is 12.2. The van der Waals surface area contributed by atoms with E-state index in [4.69, 9.17) is 9.47 Å². The van der Waals surface area contributed by atoms with Crippen molar-refractivity contribution in [3.63, 3.8) is 0 Å².